The highest BCUT2D eigenvalue weighted by molar-refractivity contribution is 5.92. The molecule has 0 saturated heterocycles. The van der Waals surface area contributed by atoms with Crippen molar-refractivity contribution in [3.63, 3.8) is 0 Å². The molecule has 0 radical (unpaired) electrons. The minimum Gasteiger partial charge on any atom is -0.449 e. The summed E-state index contributed by atoms with van der Waals surface area (Å²) < 4.78 is 18.7. The molecule has 0 aliphatic heterocycles. The molecule has 0 spiro atoms. The van der Waals surface area contributed by atoms with E-state index in [1.54, 1.807) is 6.07 Å². The van der Waals surface area contributed by atoms with Crippen LogP contribution in [0.25, 0.3) is 0 Å². The first kappa shape index (κ1) is 17.1. The number of aryl methyl sites for hydroxylation is 1. The van der Waals surface area contributed by atoms with Crippen LogP contribution in [0.1, 0.15) is 47.3 Å². The zero-order valence-electron chi connectivity index (χ0n) is 14.0. The fourth-order valence-electron chi connectivity index (χ4n) is 3.10. The average molecular weight is 341 g/mol. The van der Waals surface area contributed by atoms with Gasteiger partial charge < -0.3 is 10.1 Å². The van der Waals surface area contributed by atoms with Crippen molar-refractivity contribution in [1.29, 1.82) is 0 Å². The van der Waals surface area contributed by atoms with Crippen molar-refractivity contribution in [2.75, 3.05) is 0 Å². The Kier molecular flexibility index (Phi) is 5.12. The second-order valence-electron chi connectivity index (χ2n) is 6.18. The van der Waals surface area contributed by atoms with E-state index in [2.05, 4.69) is 11.4 Å². The third kappa shape index (κ3) is 3.87. The lowest BCUT2D eigenvalue weighted by Gasteiger charge is -2.27. The number of fused-ring (bicyclic) bond motifs is 1. The van der Waals surface area contributed by atoms with E-state index in [-0.39, 0.29) is 17.5 Å². The Morgan fingerprint density at radius 1 is 1.16 bits per heavy atom. The molecule has 0 aromatic heterocycles. The number of carbonyl (C=O) groups is 2. The Morgan fingerprint density at radius 2 is 1.88 bits per heavy atom. The molecule has 1 amide bonds. The summed E-state index contributed by atoms with van der Waals surface area (Å²) in [6, 6.07) is 13.5. The zero-order chi connectivity index (χ0) is 17.8. The molecule has 2 atom stereocenters. The number of halogens is 1. The van der Waals surface area contributed by atoms with Gasteiger partial charge in [-0.25, -0.2) is 9.18 Å². The van der Waals surface area contributed by atoms with E-state index in [9.17, 15) is 14.0 Å². The predicted octanol–water partition coefficient (Wildman–Crippen LogP) is 3.56. The van der Waals surface area contributed by atoms with Crippen molar-refractivity contribution in [3.8, 4) is 0 Å². The monoisotopic (exact) mass is 341 g/mol. The van der Waals surface area contributed by atoms with Gasteiger partial charge in [-0.15, -0.1) is 0 Å². The van der Waals surface area contributed by atoms with Gasteiger partial charge in [0.1, 0.15) is 5.82 Å². The highest BCUT2D eigenvalue weighted by Gasteiger charge is 2.26. The van der Waals surface area contributed by atoms with Crippen LogP contribution in [0.15, 0.2) is 48.5 Å². The van der Waals surface area contributed by atoms with Crippen molar-refractivity contribution < 1.29 is 18.7 Å². The first-order valence-corrected chi connectivity index (χ1v) is 8.40. The second kappa shape index (κ2) is 7.47. The lowest BCUT2D eigenvalue weighted by atomic mass is 9.87. The Balaban J connectivity index is 1.64. The molecular formula is C20H20FNO3. The summed E-state index contributed by atoms with van der Waals surface area (Å²) in [4.78, 5) is 24.4. The standard InChI is InChI=1S/C20H20FNO3/c1-13(25-20(24)16-10-4-5-11-17(16)21)19(23)22-18-12-6-8-14-7-2-3-9-15(14)18/h2-5,7,9-11,13,18H,6,8,12H2,1H3,(H,22,23)/t13-,18+/m0/s1. The zero-order valence-corrected chi connectivity index (χ0v) is 14.0. The summed E-state index contributed by atoms with van der Waals surface area (Å²) >= 11 is 0. The SMILES string of the molecule is C[C@H](OC(=O)c1ccccc1F)C(=O)N[C@@H]1CCCc2ccccc21. The molecule has 0 saturated carbocycles. The van der Waals surface area contributed by atoms with Gasteiger partial charge >= 0.3 is 5.97 Å². The minimum absolute atomic E-state index is 0.0907. The molecule has 1 N–H and O–H groups in total. The number of carbonyl (C=O) groups excluding carboxylic acids is 2. The van der Waals surface area contributed by atoms with Crippen LogP contribution >= 0.6 is 0 Å². The third-order valence-corrected chi connectivity index (χ3v) is 4.43. The molecule has 0 heterocycles. The fraction of sp³-hybridized carbons (Fsp3) is 0.300. The van der Waals surface area contributed by atoms with Gasteiger partial charge in [0.15, 0.2) is 6.10 Å². The highest BCUT2D eigenvalue weighted by atomic mass is 19.1. The van der Waals surface area contributed by atoms with Crippen LogP contribution in [0, 0.1) is 5.82 Å². The number of benzene rings is 2. The predicted molar refractivity (Wildman–Crippen MR) is 91.5 cm³/mol. The lowest BCUT2D eigenvalue weighted by molar-refractivity contribution is -0.130. The first-order chi connectivity index (χ1) is 12.1. The molecule has 0 unspecified atom stereocenters. The summed E-state index contributed by atoms with van der Waals surface area (Å²) in [7, 11) is 0. The van der Waals surface area contributed by atoms with Gasteiger partial charge in [-0.2, -0.15) is 0 Å². The highest BCUT2D eigenvalue weighted by Crippen LogP contribution is 2.29. The second-order valence-corrected chi connectivity index (χ2v) is 6.18. The first-order valence-electron chi connectivity index (χ1n) is 8.40. The summed E-state index contributed by atoms with van der Waals surface area (Å²) in [5.41, 5.74) is 2.16. The van der Waals surface area contributed by atoms with E-state index < -0.39 is 17.9 Å². The lowest BCUT2D eigenvalue weighted by Crippen LogP contribution is -2.39. The molecule has 0 bridgehead atoms. The number of esters is 1. The molecule has 25 heavy (non-hydrogen) atoms. The maximum absolute atomic E-state index is 13.6. The van der Waals surface area contributed by atoms with Crippen molar-refractivity contribution in [3.05, 3.63) is 71.0 Å². The van der Waals surface area contributed by atoms with E-state index >= 15 is 0 Å². The number of nitrogens with one attached hydrogen (secondary N) is 1. The van der Waals surface area contributed by atoms with Crippen LogP contribution in [-0.2, 0) is 16.0 Å². The van der Waals surface area contributed by atoms with Crippen LogP contribution in [0.4, 0.5) is 4.39 Å². The van der Waals surface area contributed by atoms with Crippen molar-refractivity contribution in [2.24, 2.45) is 0 Å². The summed E-state index contributed by atoms with van der Waals surface area (Å²) in [5, 5.41) is 2.94. The molecular weight excluding hydrogens is 321 g/mol. The van der Waals surface area contributed by atoms with Gasteiger partial charge in [0.2, 0.25) is 0 Å². The van der Waals surface area contributed by atoms with Gasteiger partial charge in [-0.1, -0.05) is 36.4 Å². The summed E-state index contributed by atoms with van der Waals surface area (Å²) in [6.07, 6.45) is 1.84. The Bertz CT molecular complexity index is 790. The van der Waals surface area contributed by atoms with Crippen molar-refractivity contribution >= 4 is 11.9 Å². The number of hydrogen-bond acceptors (Lipinski definition) is 3. The average Bonchev–Trinajstić information content (AvgIpc) is 2.62. The van der Waals surface area contributed by atoms with Gasteiger partial charge in [-0.3, -0.25) is 4.79 Å². The largest absolute Gasteiger partial charge is 0.449 e. The van der Waals surface area contributed by atoms with Gasteiger partial charge in [0.05, 0.1) is 11.6 Å². The molecule has 2 aromatic rings. The molecule has 1 aliphatic carbocycles. The molecule has 2 aromatic carbocycles. The molecule has 5 heteroatoms. The maximum atomic E-state index is 13.6. The van der Waals surface area contributed by atoms with E-state index in [4.69, 9.17) is 4.74 Å². The van der Waals surface area contributed by atoms with E-state index in [0.29, 0.717) is 0 Å². The van der Waals surface area contributed by atoms with Gasteiger partial charge in [0, 0.05) is 0 Å². The molecule has 130 valence electrons. The molecule has 4 nitrogen and oxygen atoms in total. The van der Waals surface area contributed by atoms with E-state index in [0.717, 1.165) is 24.8 Å². The van der Waals surface area contributed by atoms with Crippen molar-refractivity contribution in [1.82, 2.24) is 5.32 Å². The van der Waals surface area contributed by atoms with Crippen LogP contribution in [0.5, 0.6) is 0 Å². The summed E-state index contributed by atoms with van der Waals surface area (Å²) in [5.74, 6) is -1.89. The van der Waals surface area contributed by atoms with Crippen LogP contribution in [0.2, 0.25) is 0 Å². The summed E-state index contributed by atoms with van der Waals surface area (Å²) in [6.45, 7) is 1.49. The van der Waals surface area contributed by atoms with Crippen LogP contribution in [-0.4, -0.2) is 18.0 Å². The Morgan fingerprint density at radius 3 is 2.68 bits per heavy atom. The van der Waals surface area contributed by atoms with Crippen LogP contribution in [0.3, 0.4) is 0 Å². The van der Waals surface area contributed by atoms with Gasteiger partial charge in [0.25, 0.3) is 5.91 Å². The topological polar surface area (TPSA) is 55.4 Å². The number of hydrogen-bond donors (Lipinski definition) is 1. The van der Waals surface area contributed by atoms with Crippen molar-refractivity contribution in [2.45, 2.75) is 38.3 Å². The third-order valence-electron chi connectivity index (χ3n) is 4.43. The molecule has 3 rings (SSSR count). The fourth-order valence-corrected chi connectivity index (χ4v) is 3.10. The molecule has 1 aliphatic rings. The number of ether oxygens (including phenoxy) is 1. The quantitative estimate of drug-likeness (QED) is 0.865. The van der Waals surface area contributed by atoms with E-state index in [1.165, 1.54) is 30.7 Å². The van der Waals surface area contributed by atoms with Crippen LogP contribution < -0.4 is 5.32 Å². The Hall–Kier alpha value is -2.69. The van der Waals surface area contributed by atoms with Gasteiger partial charge in [-0.05, 0) is 49.4 Å². The Labute approximate surface area is 146 Å². The smallest absolute Gasteiger partial charge is 0.341 e. The normalized spacial score (nSPS) is 17.3. The number of rotatable bonds is 4. The van der Waals surface area contributed by atoms with E-state index in [1.807, 2.05) is 18.2 Å². The maximum Gasteiger partial charge on any atom is 0.341 e. The minimum atomic E-state index is -0.999. The number of amides is 1. The molecule has 0 fully saturated rings.